The fourth-order valence-corrected chi connectivity index (χ4v) is 2.67. The summed E-state index contributed by atoms with van der Waals surface area (Å²) < 4.78 is 11.0. The molecule has 0 fully saturated rings. The van der Waals surface area contributed by atoms with Crippen LogP contribution in [0.2, 0.25) is 0 Å². The number of hydrogen-bond acceptors (Lipinski definition) is 5. The van der Waals surface area contributed by atoms with E-state index in [4.69, 9.17) is 14.3 Å². The number of benzene rings is 1. The van der Waals surface area contributed by atoms with Crippen molar-refractivity contribution in [3.8, 4) is 5.75 Å². The van der Waals surface area contributed by atoms with Crippen LogP contribution >= 0.6 is 0 Å². The summed E-state index contributed by atoms with van der Waals surface area (Å²) in [6, 6.07) is 5.05. The first-order valence-electron chi connectivity index (χ1n) is 8.56. The van der Waals surface area contributed by atoms with Gasteiger partial charge in [0.25, 0.3) is 5.91 Å². The summed E-state index contributed by atoms with van der Waals surface area (Å²) in [5.74, 6) is -0.774. The zero-order valence-electron chi connectivity index (χ0n) is 15.1. The summed E-state index contributed by atoms with van der Waals surface area (Å²) in [6.45, 7) is 5.61. The number of ether oxygens (including phenoxy) is 1. The third-order valence-electron chi connectivity index (χ3n) is 4.12. The number of hydrogen-bond donors (Lipinski definition) is 2. The van der Waals surface area contributed by atoms with Crippen LogP contribution in [0.1, 0.15) is 37.8 Å². The Morgan fingerprint density at radius 2 is 2.08 bits per heavy atom. The first-order chi connectivity index (χ1) is 12.3. The van der Waals surface area contributed by atoms with Crippen molar-refractivity contribution >= 4 is 22.8 Å². The molecule has 140 valence electrons. The van der Waals surface area contributed by atoms with E-state index in [1.165, 1.54) is 6.07 Å². The number of carboxylic acids is 1. The number of carbonyl (C=O) groups excluding carboxylic acids is 1. The molecule has 26 heavy (non-hydrogen) atoms. The molecule has 2 N–H and O–H groups in total. The van der Waals surface area contributed by atoms with E-state index < -0.39 is 17.7 Å². The first kappa shape index (κ1) is 19.5. The number of aryl methyl sites for hydroxylation is 2. The number of fused-ring (bicyclic) bond motifs is 1. The van der Waals surface area contributed by atoms with Crippen molar-refractivity contribution in [3.63, 3.8) is 0 Å². The molecule has 0 unspecified atom stereocenters. The lowest BCUT2D eigenvalue weighted by Crippen LogP contribution is -2.37. The third kappa shape index (κ3) is 4.62. The predicted octanol–water partition coefficient (Wildman–Crippen LogP) is 2.41. The van der Waals surface area contributed by atoms with Crippen LogP contribution in [0.5, 0.6) is 5.75 Å². The topological polar surface area (TPSA) is 106 Å². The Hall–Kier alpha value is -2.83. The summed E-state index contributed by atoms with van der Waals surface area (Å²) in [4.78, 5) is 34.3. The Labute approximate surface area is 151 Å². The number of rotatable bonds is 8. The van der Waals surface area contributed by atoms with Crippen LogP contribution < -0.4 is 15.7 Å². The fraction of sp³-hybridized carbons (Fsp3) is 0.421. The molecule has 0 aliphatic carbocycles. The Morgan fingerprint density at radius 1 is 1.35 bits per heavy atom. The molecule has 0 saturated carbocycles. The minimum Gasteiger partial charge on any atom is -0.481 e. The molecular formula is C19H23NO6. The maximum atomic E-state index is 12.1. The number of amides is 1. The second-order valence-electron chi connectivity index (χ2n) is 6.06. The minimum absolute atomic E-state index is 0.00189. The molecule has 1 atom stereocenters. The normalized spacial score (nSPS) is 12.0. The highest BCUT2D eigenvalue weighted by Crippen LogP contribution is 2.29. The molecule has 0 aliphatic heterocycles. The molecule has 7 nitrogen and oxygen atoms in total. The van der Waals surface area contributed by atoms with Gasteiger partial charge in [-0.1, -0.05) is 6.92 Å². The van der Waals surface area contributed by atoms with E-state index in [0.29, 0.717) is 29.7 Å². The maximum Gasteiger partial charge on any atom is 0.336 e. The SMILES string of the molecule is CCc1cc(=O)oc2c(C)c(O[C@@H](C)C(=O)NCCCC(=O)O)ccc12. The van der Waals surface area contributed by atoms with Gasteiger partial charge in [-0.05, 0) is 44.4 Å². The van der Waals surface area contributed by atoms with Gasteiger partial charge >= 0.3 is 11.6 Å². The Morgan fingerprint density at radius 3 is 2.73 bits per heavy atom. The number of carboxylic acid groups (broad SMARTS) is 1. The predicted molar refractivity (Wildman–Crippen MR) is 96.6 cm³/mol. The third-order valence-corrected chi connectivity index (χ3v) is 4.12. The highest BCUT2D eigenvalue weighted by molar-refractivity contribution is 5.85. The van der Waals surface area contributed by atoms with Crippen molar-refractivity contribution in [3.05, 3.63) is 39.7 Å². The van der Waals surface area contributed by atoms with E-state index in [9.17, 15) is 14.4 Å². The average Bonchev–Trinajstić information content (AvgIpc) is 2.60. The van der Waals surface area contributed by atoms with Gasteiger partial charge in [0.2, 0.25) is 0 Å². The molecule has 2 rings (SSSR count). The van der Waals surface area contributed by atoms with E-state index >= 15 is 0 Å². The highest BCUT2D eigenvalue weighted by atomic mass is 16.5. The molecule has 1 heterocycles. The Balaban J connectivity index is 2.12. The van der Waals surface area contributed by atoms with Crippen molar-refractivity contribution in [2.75, 3.05) is 6.54 Å². The molecule has 0 aliphatic rings. The molecule has 1 aromatic heterocycles. The quantitative estimate of drug-likeness (QED) is 0.552. The number of aliphatic carboxylic acids is 1. The molecule has 0 spiro atoms. The van der Waals surface area contributed by atoms with Crippen molar-refractivity contribution in [2.45, 2.75) is 46.1 Å². The zero-order valence-corrected chi connectivity index (χ0v) is 15.1. The monoisotopic (exact) mass is 361 g/mol. The Kier molecular flexibility index (Phi) is 6.38. The van der Waals surface area contributed by atoms with Gasteiger partial charge in [-0.2, -0.15) is 0 Å². The van der Waals surface area contributed by atoms with Crippen LogP contribution in [0.3, 0.4) is 0 Å². The van der Waals surface area contributed by atoms with Crippen molar-refractivity contribution in [2.24, 2.45) is 0 Å². The standard InChI is InChI=1S/C19H23NO6/c1-4-13-10-17(23)26-18-11(2)15(8-7-14(13)18)25-12(3)19(24)20-9-5-6-16(21)22/h7-8,10,12H,4-6,9H2,1-3H3,(H,20,24)(H,21,22)/t12-/m0/s1. The fourth-order valence-electron chi connectivity index (χ4n) is 2.67. The van der Waals surface area contributed by atoms with Crippen molar-refractivity contribution in [1.82, 2.24) is 5.32 Å². The van der Waals surface area contributed by atoms with E-state index in [1.54, 1.807) is 19.9 Å². The lowest BCUT2D eigenvalue weighted by atomic mass is 10.0. The number of carbonyl (C=O) groups is 2. The molecule has 0 radical (unpaired) electrons. The maximum absolute atomic E-state index is 12.1. The van der Waals surface area contributed by atoms with Crippen LogP contribution in [-0.2, 0) is 16.0 Å². The summed E-state index contributed by atoms with van der Waals surface area (Å²) in [7, 11) is 0. The molecule has 2 aromatic rings. The largest absolute Gasteiger partial charge is 0.481 e. The van der Waals surface area contributed by atoms with Gasteiger partial charge in [-0.3, -0.25) is 9.59 Å². The highest BCUT2D eigenvalue weighted by Gasteiger charge is 2.17. The van der Waals surface area contributed by atoms with Crippen molar-refractivity contribution < 1.29 is 23.8 Å². The van der Waals surface area contributed by atoms with Crippen LogP contribution in [-0.4, -0.2) is 29.6 Å². The summed E-state index contributed by atoms with van der Waals surface area (Å²) in [6.07, 6.45) is 0.292. The van der Waals surface area contributed by atoms with E-state index in [-0.39, 0.29) is 18.9 Å². The lowest BCUT2D eigenvalue weighted by Gasteiger charge is -2.17. The Bertz CT molecular complexity index is 870. The van der Waals surface area contributed by atoms with Gasteiger partial charge in [0.15, 0.2) is 6.10 Å². The van der Waals surface area contributed by atoms with Gasteiger partial charge in [0.05, 0.1) is 0 Å². The zero-order chi connectivity index (χ0) is 19.3. The summed E-state index contributed by atoms with van der Waals surface area (Å²) >= 11 is 0. The molecule has 1 aromatic carbocycles. The summed E-state index contributed by atoms with van der Waals surface area (Å²) in [5, 5.41) is 12.1. The van der Waals surface area contributed by atoms with Crippen LogP contribution in [0.4, 0.5) is 0 Å². The van der Waals surface area contributed by atoms with E-state index in [0.717, 1.165) is 10.9 Å². The average molecular weight is 361 g/mol. The molecule has 0 bridgehead atoms. The molecule has 0 saturated heterocycles. The van der Waals surface area contributed by atoms with E-state index in [1.807, 2.05) is 13.0 Å². The second kappa shape index (κ2) is 8.51. The van der Waals surface area contributed by atoms with Crippen LogP contribution in [0.25, 0.3) is 11.0 Å². The molecule has 1 amide bonds. The smallest absolute Gasteiger partial charge is 0.336 e. The van der Waals surface area contributed by atoms with Gasteiger partial charge < -0.3 is 19.6 Å². The van der Waals surface area contributed by atoms with Gasteiger partial charge in [-0.15, -0.1) is 0 Å². The summed E-state index contributed by atoms with van der Waals surface area (Å²) in [5.41, 5.74) is 1.59. The minimum atomic E-state index is -0.900. The second-order valence-corrected chi connectivity index (χ2v) is 6.06. The van der Waals surface area contributed by atoms with Crippen LogP contribution in [0.15, 0.2) is 27.4 Å². The molecule has 7 heteroatoms. The van der Waals surface area contributed by atoms with Gasteiger partial charge in [0.1, 0.15) is 11.3 Å². The van der Waals surface area contributed by atoms with Crippen molar-refractivity contribution in [1.29, 1.82) is 0 Å². The van der Waals surface area contributed by atoms with Crippen LogP contribution in [0, 0.1) is 6.92 Å². The molecular weight excluding hydrogens is 338 g/mol. The lowest BCUT2D eigenvalue weighted by molar-refractivity contribution is -0.137. The van der Waals surface area contributed by atoms with Gasteiger partial charge in [0, 0.05) is 30.0 Å². The van der Waals surface area contributed by atoms with Gasteiger partial charge in [-0.25, -0.2) is 4.79 Å². The first-order valence-corrected chi connectivity index (χ1v) is 8.56. The number of nitrogens with one attached hydrogen (secondary N) is 1. The van der Waals surface area contributed by atoms with E-state index in [2.05, 4.69) is 5.32 Å².